The number of aromatic nitrogens is 3. The van der Waals surface area contributed by atoms with Crippen molar-refractivity contribution in [3.8, 4) is 0 Å². The van der Waals surface area contributed by atoms with Crippen molar-refractivity contribution in [1.82, 2.24) is 29.7 Å². The maximum Gasteiger partial charge on any atom is 0.317 e. The van der Waals surface area contributed by atoms with Crippen LogP contribution < -0.4 is 11.1 Å². The highest BCUT2D eigenvalue weighted by molar-refractivity contribution is 6.30. The molecule has 1 aliphatic heterocycles. The Morgan fingerprint density at radius 1 is 1.13 bits per heavy atom. The van der Waals surface area contributed by atoms with Crippen molar-refractivity contribution in [2.45, 2.75) is 50.2 Å². The summed E-state index contributed by atoms with van der Waals surface area (Å²) in [5, 5.41) is 3.94. The number of urea groups is 1. The van der Waals surface area contributed by atoms with Crippen LogP contribution in [0.1, 0.15) is 72.3 Å². The molecule has 2 aliphatic carbocycles. The molecule has 0 bridgehead atoms. The van der Waals surface area contributed by atoms with Crippen LogP contribution in [-0.2, 0) is 7.05 Å². The van der Waals surface area contributed by atoms with E-state index in [4.69, 9.17) is 22.3 Å². The van der Waals surface area contributed by atoms with Crippen molar-refractivity contribution in [1.29, 1.82) is 0 Å². The quantitative estimate of drug-likeness (QED) is 0.492. The summed E-state index contributed by atoms with van der Waals surface area (Å²) in [4.78, 5) is 26.6. The van der Waals surface area contributed by atoms with Crippen molar-refractivity contribution in [3.05, 3.63) is 82.2 Å². The molecule has 2 aromatic heterocycles. The number of imidazole rings is 1. The normalized spacial score (nSPS) is 20.9. The number of amides is 2. The predicted molar refractivity (Wildman–Crippen MR) is 154 cm³/mol. The molecule has 6 rings (SSSR count). The van der Waals surface area contributed by atoms with Gasteiger partial charge in [0.25, 0.3) is 0 Å². The van der Waals surface area contributed by atoms with Gasteiger partial charge in [0, 0.05) is 50.5 Å². The Kier molecular flexibility index (Phi) is 7.42. The van der Waals surface area contributed by atoms with Gasteiger partial charge in [0.15, 0.2) is 0 Å². The molecule has 3 heterocycles. The van der Waals surface area contributed by atoms with E-state index in [0.717, 1.165) is 59.6 Å². The van der Waals surface area contributed by atoms with E-state index in [1.165, 1.54) is 19.3 Å². The summed E-state index contributed by atoms with van der Waals surface area (Å²) in [5.41, 5.74) is 13.0. The van der Waals surface area contributed by atoms with Gasteiger partial charge in [0.2, 0.25) is 0 Å². The third-order valence-electron chi connectivity index (χ3n) is 8.47. The number of carbonyl (C=O) groups excluding carboxylic acids is 1. The third-order valence-corrected chi connectivity index (χ3v) is 8.70. The van der Waals surface area contributed by atoms with Crippen molar-refractivity contribution < 1.29 is 4.79 Å². The summed E-state index contributed by atoms with van der Waals surface area (Å²) in [6.07, 6.45) is 13.5. The standard InChI is InChI=1S/C30H36ClN7O/c1-36-19-33-18-26(36)27(32)25-16-20-6-5-11-34-28(20)29(23-10-9-21(31)17-24(23)25)37-12-14-38(15-13-37)30(39)35-22-7-3-2-4-8-22/h5-6,9-11,16-19,22,27,29H,2-4,7-8,12-15,32H2,1H3,(H,35,39)/t27?,29-/m0/s1. The summed E-state index contributed by atoms with van der Waals surface area (Å²) in [5.74, 6) is 0. The third kappa shape index (κ3) is 5.21. The first-order valence-electron chi connectivity index (χ1n) is 14.0. The zero-order chi connectivity index (χ0) is 26.9. The molecule has 3 aliphatic rings. The highest BCUT2D eigenvalue weighted by atomic mass is 35.5. The number of fused-ring (bicyclic) bond motifs is 2. The van der Waals surface area contributed by atoms with Gasteiger partial charge in [-0.25, -0.2) is 9.78 Å². The van der Waals surface area contributed by atoms with E-state index in [1.807, 2.05) is 47.1 Å². The van der Waals surface area contributed by atoms with Crippen molar-refractivity contribution in [2.75, 3.05) is 26.2 Å². The summed E-state index contributed by atoms with van der Waals surface area (Å²) in [7, 11) is 1.96. The number of pyridine rings is 1. The molecule has 3 aromatic rings. The number of aryl methyl sites for hydroxylation is 1. The number of hydrogen-bond donors (Lipinski definition) is 2. The number of piperazine rings is 1. The fourth-order valence-electron chi connectivity index (χ4n) is 6.34. The lowest BCUT2D eigenvalue weighted by Crippen LogP contribution is -2.54. The summed E-state index contributed by atoms with van der Waals surface area (Å²) in [6.45, 7) is 2.86. The van der Waals surface area contributed by atoms with Crippen molar-refractivity contribution in [2.24, 2.45) is 12.8 Å². The smallest absolute Gasteiger partial charge is 0.317 e. The van der Waals surface area contributed by atoms with Crippen LogP contribution in [0, 0.1) is 0 Å². The number of nitrogens with one attached hydrogen (secondary N) is 1. The lowest BCUT2D eigenvalue weighted by Gasteiger charge is -2.40. The maximum absolute atomic E-state index is 13.0. The lowest BCUT2D eigenvalue weighted by molar-refractivity contribution is 0.116. The minimum absolute atomic E-state index is 0.0687. The van der Waals surface area contributed by atoms with Gasteiger partial charge in [0.05, 0.1) is 36.0 Å². The topological polar surface area (TPSA) is 92.3 Å². The minimum atomic E-state index is -0.387. The van der Waals surface area contributed by atoms with Gasteiger partial charge < -0.3 is 20.5 Å². The summed E-state index contributed by atoms with van der Waals surface area (Å²) in [6, 6.07) is 10.1. The first-order chi connectivity index (χ1) is 19.0. The van der Waals surface area contributed by atoms with E-state index in [9.17, 15) is 4.79 Å². The van der Waals surface area contributed by atoms with Crippen LogP contribution in [0.2, 0.25) is 5.02 Å². The van der Waals surface area contributed by atoms with Crippen LogP contribution >= 0.6 is 11.6 Å². The average Bonchev–Trinajstić information content (AvgIpc) is 3.33. The van der Waals surface area contributed by atoms with Crippen molar-refractivity contribution >= 4 is 29.3 Å². The van der Waals surface area contributed by atoms with E-state index in [0.29, 0.717) is 24.2 Å². The summed E-state index contributed by atoms with van der Waals surface area (Å²) >= 11 is 6.57. The van der Waals surface area contributed by atoms with E-state index in [-0.39, 0.29) is 18.1 Å². The number of halogens is 1. The molecule has 2 amide bonds. The molecule has 39 heavy (non-hydrogen) atoms. The number of carbonyl (C=O) groups is 1. The van der Waals surface area contributed by atoms with Gasteiger partial charge in [-0.15, -0.1) is 0 Å². The SMILES string of the molecule is Cn1cncc1C(N)C1=Cc2cccnc2[C@@H](N2CCN(C(=O)NC3CCCCC3)CC2)c2ccc(Cl)cc21. The van der Waals surface area contributed by atoms with Crippen molar-refractivity contribution in [3.63, 3.8) is 0 Å². The minimum Gasteiger partial charge on any atom is -0.336 e. The molecule has 3 N–H and O–H groups in total. The van der Waals surface area contributed by atoms with Crippen LogP contribution in [0.3, 0.4) is 0 Å². The van der Waals surface area contributed by atoms with Gasteiger partial charge in [0.1, 0.15) is 0 Å². The first kappa shape index (κ1) is 26.0. The monoisotopic (exact) mass is 545 g/mol. The Bertz CT molecular complexity index is 1370. The molecule has 0 spiro atoms. The van der Waals surface area contributed by atoms with E-state index in [2.05, 4.69) is 33.4 Å². The largest absolute Gasteiger partial charge is 0.336 e. The van der Waals surface area contributed by atoms with Crippen LogP contribution in [0.4, 0.5) is 4.79 Å². The molecule has 2 atom stereocenters. The van der Waals surface area contributed by atoms with Gasteiger partial charge in [-0.05, 0) is 59.4 Å². The summed E-state index contributed by atoms with van der Waals surface area (Å²) < 4.78 is 1.96. The second-order valence-electron chi connectivity index (χ2n) is 10.9. The van der Waals surface area contributed by atoms with E-state index < -0.39 is 0 Å². The lowest BCUT2D eigenvalue weighted by atomic mass is 9.90. The molecular formula is C30H36ClN7O. The highest BCUT2D eigenvalue weighted by Gasteiger charge is 2.35. The van der Waals surface area contributed by atoms with Crippen LogP contribution in [0.25, 0.3) is 11.6 Å². The van der Waals surface area contributed by atoms with Crippen LogP contribution in [0.5, 0.6) is 0 Å². The number of hydrogen-bond acceptors (Lipinski definition) is 5. The zero-order valence-electron chi connectivity index (χ0n) is 22.4. The second kappa shape index (κ2) is 11.1. The Labute approximate surface area is 234 Å². The van der Waals surface area contributed by atoms with E-state index in [1.54, 1.807) is 6.33 Å². The average molecular weight is 546 g/mol. The molecule has 1 aromatic carbocycles. The fourth-order valence-corrected chi connectivity index (χ4v) is 6.51. The molecule has 9 heteroatoms. The molecule has 2 fully saturated rings. The number of rotatable bonds is 4. The molecule has 1 saturated heterocycles. The molecular weight excluding hydrogens is 510 g/mol. The Hall–Kier alpha value is -3.20. The number of benzene rings is 1. The predicted octanol–water partition coefficient (Wildman–Crippen LogP) is 4.77. The molecule has 0 radical (unpaired) electrons. The Morgan fingerprint density at radius 2 is 1.92 bits per heavy atom. The molecule has 8 nitrogen and oxygen atoms in total. The molecule has 1 saturated carbocycles. The number of nitrogens with two attached hydrogens (primary N) is 1. The van der Waals surface area contributed by atoms with Gasteiger partial charge in [-0.3, -0.25) is 9.88 Å². The van der Waals surface area contributed by atoms with Gasteiger partial charge >= 0.3 is 6.03 Å². The van der Waals surface area contributed by atoms with Crippen LogP contribution in [-0.4, -0.2) is 62.6 Å². The van der Waals surface area contributed by atoms with E-state index >= 15 is 0 Å². The number of nitrogens with zero attached hydrogens (tertiary/aromatic N) is 5. The maximum atomic E-state index is 13.0. The van der Waals surface area contributed by atoms with Crippen LogP contribution in [0.15, 0.2) is 49.1 Å². The zero-order valence-corrected chi connectivity index (χ0v) is 23.1. The Balaban J connectivity index is 1.31. The molecule has 204 valence electrons. The highest BCUT2D eigenvalue weighted by Crippen LogP contribution is 2.43. The van der Waals surface area contributed by atoms with Gasteiger partial charge in [-0.2, -0.15) is 0 Å². The first-order valence-corrected chi connectivity index (χ1v) is 14.3. The van der Waals surface area contributed by atoms with Gasteiger partial charge in [-0.1, -0.05) is 43.0 Å². The Morgan fingerprint density at radius 3 is 2.67 bits per heavy atom. The fraction of sp³-hybridized carbons (Fsp3) is 0.433. The molecule has 1 unspecified atom stereocenters. The second-order valence-corrected chi connectivity index (χ2v) is 11.4.